The standard InChI is InChI=1S/C27H30N6O2/c1-16-11-20-14-22(27(34)28-23(20)12-17(16)2)25(33-18(3)13-19-7-4-5-9-24(19)33)26-29-30-31-32(26)15-21-8-6-10-35-21/h4-5,7,9,11-12,14,18,21,25H,6,8,10,13,15H2,1-3H3,(H,28,34)/t18-,21-,25-/m0/s1. The van der Waals surface area contributed by atoms with E-state index in [4.69, 9.17) is 4.74 Å². The van der Waals surface area contributed by atoms with Crippen molar-refractivity contribution in [1.82, 2.24) is 25.2 Å². The Labute approximate surface area is 203 Å². The number of aromatic amines is 1. The molecule has 1 fully saturated rings. The van der Waals surface area contributed by atoms with Crippen LogP contribution in [0.25, 0.3) is 10.9 Å². The predicted octanol–water partition coefficient (Wildman–Crippen LogP) is 3.85. The van der Waals surface area contributed by atoms with Crippen molar-refractivity contribution in [1.29, 1.82) is 0 Å². The molecule has 8 heteroatoms. The van der Waals surface area contributed by atoms with Gasteiger partial charge in [-0.2, -0.15) is 0 Å². The largest absolute Gasteiger partial charge is 0.376 e. The number of anilines is 1. The van der Waals surface area contributed by atoms with Crippen molar-refractivity contribution in [2.75, 3.05) is 11.5 Å². The minimum absolute atomic E-state index is 0.0849. The molecule has 0 radical (unpaired) electrons. The topological polar surface area (TPSA) is 88.9 Å². The molecule has 35 heavy (non-hydrogen) atoms. The molecule has 6 rings (SSSR count). The summed E-state index contributed by atoms with van der Waals surface area (Å²) in [5.41, 5.74) is 6.11. The van der Waals surface area contributed by atoms with Crippen molar-refractivity contribution < 1.29 is 4.74 Å². The highest BCUT2D eigenvalue weighted by atomic mass is 16.5. The van der Waals surface area contributed by atoms with Crippen LogP contribution in [0, 0.1) is 13.8 Å². The summed E-state index contributed by atoms with van der Waals surface area (Å²) in [5.74, 6) is 0.665. The molecule has 0 bridgehead atoms. The van der Waals surface area contributed by atoms with Crippen molar-refractivity contribution in [2.45, 2.75) is 64.8 Å². The highest BCUT2D eigenvalue weighted by Gasteiger charge is 2.38. The molecule has 0 saturated carbocycles. The van der Waals surface area contributed by atoms with Crippen LogP contribution in [0.2, 0.25) is 0 Å². The van der Waals surface area contributed by atoms with E-state index in [1.165, 1.54) is 11.1 Å². The molecule has 1 saturated heterocycles. The van der Waals surface area contributed by atoms with Crippen LogP contribution in [0.15, 0.2) is 47.3 Å². The Kier molecular flexibility index (Phi) is 5.40. The van der Waals surface area contributed by atoms with E-state index >= 15 is 0 Å². The smallest absolute Gasteiger partial charge is 0.254 e. The van der Waals surface area contributed by atoms with Crippen molar-refractivity contribution in [3.63, 3.8) is 0 Å². The quantitative estimate of drug-likeness (QED) is 0.477. The summed E-state index contributed by atoms with van der Waals surface area (Å²) in [5, 5.41) is 13.9. The maximum atomic E-state index is 13.6. The fourth-order valence-electron chi connectivity index (χ4n) is 5.61. The van der Waals surface area contributed by atoms with Crippen molar-refractivity contribution in [3.8, 4) is 0 Å². The lowest BCUT2D eigenvalue weighted by Crippen LogP contribution is -2.39. The molecule has 4 aromatic rings. The van der Waals surface area contributed by atoms with E-state index in [2.05, 4.69) is 70.4 Å². The number of para-hydroxylation sites is 1. The Morgan fingerprint density at radius 2 is 2.00 bits per heavy atom. The van der Waals surface area contributed by atoms with Crippen LogP contribution in [0.5, 0.6) is 0 Å². The molecule has 0 aliphatic carbocycles. The number of tetrazole rings is 1. The lowest BCUT2D eigenvalue weighted by atomic mass is 10.00. The molecule has 2 aromatic carbocycles. The highest BCUT2D eigenvalue weighted by molar-refractivity contribution is 5.81. The van der Waals surface area contributed by atoms with Crippen LogP contribution in [0.4, 0.5) is 5.69 Å². The number of nitrogens with one attached hydrogen (secondary N) is 1. The van der Waals surface area contributed by atoms with E-state index in [9.17, 15) is 4.79 Å². The number of H-pyrrole nitrogens is 1. The number of aromatic nitrogens is 5. The first-order valence-corrected chi connectivity index (χ1v) is 12.4. The zero-order valence-corrected chi connectivity index (χ0v) is 20.4. The lowest BCUT2D eigenvalue weighted by molar-refractivity contribution is 0.0924. The number of fused-ring (bicyclic) bond motifs is 2. The Morgan fingerprint density at radius 1 is 1.17 bits per heavy atom. The molecule has 1 N–H and O–H groups in total. The van der Waals surface area contributed by atoms with E-state index in [-0.39, 0.29) is 17.7 Å². The van der Waals surface area contributed by atoms with E-state index in [0.29, 0.717) is 17.9 Å². The lowest BCUT2D eigenvalue weighted by Gasteiger charge is -2.33. The summed E-state index contributed by atoms with van der Waals surface area (Å²) in [7, 11) is 0. The summed E-state index contributed by atoms with van der Waals surface area (Å²) >= 11 is 0. The molecule has 0 amide bonds. The molecular formula is C27H30N6O2. The average Bonchev–Trinajstić information content (AvgIpc) is 3.58. The summed E-state index contributed by atoms with van der Waals surface area (Å²) in [6.45, 7) is 7.70. The molecule has 3 atom stereocenters. The maximum Gasteiger partial charge on any atom is 0.254 e. The van der Waals surface area contributed by atoms with Crippen molar-refractivity contribution >= 4 is 16.6 Å². The maximum absolute atomic E-state index is 13.6. The summed E-state index contributed by atoms with van der Waals surface area (Å²) in [4.78, 5) is 19.1. The van der Waals surface area contributed by atoms with Crippen LogP contribution in [-0.4, -0.2) is 43.9 Å². The molecule has 0 unspecified atom stereocenters. The number of ether oxygens (including phenoxy) is 1. The summed E-state index contributed by atoms with van der Waals surface area (Å²) in [6.07, 6.45) is 3.03. The third-order valence-corrected chi connectivity index (χ3v) is 7.52. The van der Waals surface area contributed by atoms with Gasteiger partial charge in [0, 0.05) is 29.4 Å². The zero-order valence-electron chi connectivity index (χ0n) is 20.4. The molecule has 2 aromatic heterocycles. The number of pyridine rings is 1. The van der Waals surface area contributed by atoms with Gasteiger partial charge < -0.3 is 14.6 Å². The van der Waals surface area contributed by atoms with Gasteiger partial charge >= 0.3 is 0 Å². The first-order valence-electron chi connectivity index (χ1n) is 12.4. The van der Waals surface area contributed by atoms with Crippen molar-refractivity contribution in [3.05, 3.63) is 80.9 Å². The van der Waals surface area contributed by atoms with Gasteiger partial charge in [0.15, 0.2) is 5.82 Å². The minimum Gasteiger partial charge on any atom is -0.376 e. The Hall–Kier alpha value is -3.52. The molecule has 2 aliphatic heterocycles. The van der Waals surface area contributed by atoms with Crippen LogP contribution >= 0.6 is 0 Å². The van der Waals surface area contributed by atoms with Crippen LogP contribution in [0.1, 0.15) is 53.9 Å². The Morgan fingerprint density at radius 3 is 2.83 bits per heavy atom. The number of hydrogen-bond donors (Lipinski definition) is 1. The second-order valence-electron chi connectivity index (χ2n) is 9.92. The predicted molar refractivity (Wildman–Crippen MR) is 135 cm³/mol. The zero-order chi connectivity index (χ0) is 24.1. The summed E-state index contributed by atoms with van der Waals surface area (Å²) < 4.78 is 7.71. The van der Waals surface area contributed by atoms with Gasteiger partial charge in [-0.15, -0.1) is 5.10 Å². The van der Waals surface area contributed by atoms with E-state index in [0.717, 1.165) is 48.0 Å². The third kappa shape index (κ3) is 3.82. The van der Waals surface area contributed by atoms with Gasteiger partial charge in [0.2, 0.25) is 0 Å². The number of hydrogen-bond acceptors (Lipinski definition) is 6. The second-order valence-corrected chi connectivity index (χ2v) is 9.92. The van der Waals surface area contributed by atoms with Gasteiger partial charge in [0.1, 0.15) is 6.04 Å². The first kappa shape index (κ1) is 22.0. The van der Waals surface area contributed by atoms with E-state index in [1.54, 1.807) is 0 Å². The molecule has 180 valence electrons. The third-order valence-electron chi connectivity index (χ3n) is 7.52. The van der Waals surface area contributed by atoms with Gasteiger partial charge in [-0.3, -0.25) is 4.79 Å². The molecule has 0 spiro atoms. The highest BCUT2D eigenvalue weighted by Crippen LogP contribution is 2.40. The van der Waals surface area contributed by atoms with Gasteiger partial charge in [0.25, 0.3) is 5.56 Å². The fourth-order valence-corrected chi connectivity index (χ4v) is 5.61. The van der Waals surface area contributed by atoms with Gasteiger partial charge in [0.05, 0.1) is 12.6 Å². The Balaban J connectivity index is 1.54. The van der Waals surface area contributed by atoms with E-state index in [1.807, 2.05) is 22.9 Å². The molecule has 4 heterocycles. The number of rotatable bonds is 5. The fraction of sp³-hybridized carbons (Fsp3) is 0.407. The van der Waals surface area contributed by atoms with Crippen LogP contribution in [-0.2, 0) is 17.7 Å². The van der Waals surface area contributed by atoms with Crippen molar-refractivity contribution in [2.24, 2.45) is 0 Å². The Bertz CT molecular complexity index is 1450. The van der Waals surface area contributed by atoms with Crippen LogP contribution < -0.4 is 10.5 Å². The van der Waals surface area contributed by atoms with E-state index < -0.39 is 6.04 Å². The van der Waals surface area contributed by atoms with Gasteiger partial charge in [-0.1, -0.05) is 18.2 Å². The minimum atomic E-state index is -0.431. The SMILES string of the molecule is Cc1cc2cc([C@@H](c3nnnn3C[C@@H]3CCCO3)N3c4ccccc4C[C@@H]3C)c(=O)[nH]c2cc1C. The monoisotopic (exact) mass is 470 g/mol. The molecule has 2 aliphatic rings. The van der Waals surface area contributed by atoms with Gasteiger partial charge in [-0.25, -0.2) is 4.68 Å². The van der Waals surface area contributed by atoms with Crippen LogP contribution in [0.3, 0.4) is 0 Å². The molecule has 8 nitrogen and oxygen atoms in total. The molecular weight excluding hydrogens is 440 g/mol. The van der Waals surface area contributed by atoms with Gasteiger partial charge in [-0.05, 0) is 96.8 Å². The number of nitrogens with zero attached hydrogens (tertiary/aromatic N) is 5. The average molecular weight is 471 g/mol. The number of aryl methyl sites for hydroxylation is 2. The summed E-state index contributed by atoms with van der Waals surface area (Å²) in [6, 6.07) is 14.4. The second kappa shape index (κ2) is 8.61. The normalized spacial score (nSPS) is 20.5. The first-order chi connectivity index (χ1) is 17.0. The number of benzene rings is 2.